The molecule has 1 unspecified atom stereocenters. The fraction of sp³-hybridized carbons (Fsp3) is 0.368. The lowest BCUT2D eigenvalue weighted by atomic mass is 10.2. The number of aromatic nitrogens is 2. The molecule has 1 fully saturated rings. The summed E-state index contributed by atoms with van der Waals surface area (Å²) >= 11 is 1.77. The maximum atomic E-state index is 12.3. The zero-order valence-electron chi connectivity index (χ0n) is 14.0. The van der Waals surface area contributed by atoms with E-state index in [9.17, 15) is 4.79 Å². The number of quaternary nitrogens is 1. The fourth-order valence-electron chi connectivity index (χ4n) is 3.45. The van der Waals surface area contributed by atoms with Gasteiger partial charge in [-0.2, -0.15) is 0 Å². The summed E-state index contributed by atoms with van der Waals surface area (Å²) in [5.41, 5.74) is 0.696. The van der Waals surface area contributed by atoms with Crippen LogP contribution in [0.5, 0.6) is 0 Å². The molecule has 2 N–H and O–H groups in total. The number of aromatic amines is 1. The molecule has 0 saturated carbocycles. The van der Waals surface area contributed by atoms with Crippen molar-refractivity contribution in [1.29, 1.82) is 0 Å². The quantitative estimate of drug-likeness (QED) is 0.707. The molecule has 4 rings (SSSR count). The van der Waals surface area contributed by atoms with Crippen molar-refractivity contribution < 1.29 is 9.64 Å². The number of hydrogen-bond acceptors (Lipinski definition) is 4. The minimum absolute atomic E-state index is 0.0619. The summed E-state index contributed by atoms with van der Waals surface area (Å²) in [6, 6.07) is 11.7. The van der Waals surface area contributed by atoms with Gasteiger partial charge in [-0.25, -0.2) is 4.98 Å². The van der Waals surface area contributed by atoms with Gasteiger partial charge >= 0.3 is 0 Å². The third-order valence-electron chi connectivity index (χ3n) is 4.62. The highest BCUT2D eigenvalue weighted by Gasteiger charge is 2.23. The fourth-order valence-corrected chi connectivity index (χ4v) is 4.23. The summed E-state index contributed by atoms with van der Waals surface area (Å²) in [7, 11) is 0. The van der Waals surface area contributed by atoms with E-state index in [1.807, 2.05) is 24.3 Å². The smallest absolute Gasteiger partial charge is 0.258 e. The Morgan fingerprint density at radius 2 is 2.16 bits per heavy atom. The van der Waals surface area contributed by atoms with E-state index in [0.29, 0.717) is 18.0 Å². The molecule has 3 aromatic rings. The molecule has 3 heterocycles. The molecule has 1 saturated heterocycles. The van der Waals surface area contributed by atoms with Crippen LogP contribution in [-0.2, 0) is 17.8 Å². The van der Waals surface area contributed by atoms with Crippen molar-refractivity contribution in [3.63, 3.8) is 0 Å². The third-order valence-corrected chi connectivity index (χ3v) is 5.50. The minimum Gasteiger partial charge on any atom is -0.372 e. The highest BCUT2D eigenvalue weighted by molar-refractivity contribution is 7.09. The molecule has 6 heteroatoms. The van der Waals surface area contributed by atoms with E-state index < -0.39 is 0 Å². The molecule has 1 aliphatic rings. The van der Waals surface area contributed by atoms with Crippen LogP contribution in [0.25, 0.3) is 10.9 Å². The zero-order chi connectivity index (χ0) is 17.1. The SMILES string of the molecule is O=c1[nH]c(C[NH+](Cc2cccs2)C[C@@H]2CCCO2)nc2ccccc12. The molecule has 0 amide bonds. The van der Waals surface area contributed by atoms with Crippen molar-refractivity contribution in [1.82, 2.24) is 9.97 Å². The molecule has 2 aromatic heterocycles. The highest BCUT2D eigenvalue weighted by Crippen LogP contribution is 2.11. The van der Waals surface area contributed by atoms with Crippen molar-refractivity contribution in [3.8, 4) is 0 Å². The summed E-state index contributed by atoms with van der Waals surface area (Å²) in [5.74, 6) is 0.744. The number of hydrogen-bond donors (Lipinski definition) is 2. The van der Waals surface area contributed by atoms with Crippen LogP contribution < -0.4 is 10.5 Å². The lowest BCUT2D eigenvalue weighted by molar-refractivity contribution is -0.930. The van der Waals surface area contributed by atoms with E-state index >= 15 is 0 Å². The number of benzene rings is 1. The Morgan fingerprint density at radius 3 is 2.96 bits per heavy atom. The molecule has 130 valence electrons. The van der Waals surface area contributed by atoms with Crippen LogP contribution >= 0.6 is 11.3 Å². The summed E-state index contributed by atoms with van der Waals surface area (Å²) < 4.78 is 5.82. The molecule has 1 aliphatic heterocycles. The van der Waals surface area contributed by atoms with Crippen molar-refractivity contribution >= 4 is 22.2 Å². The first-order valence-corrected chi connectivity index (χ1v) is 9.61. The van der Waals surface area contributed by atoms with Gasteiger partial charge in [-0.3, -0.25) is 4.79 Å². The summed E-state index contributed by atoms with van der Waals surface area (Å²) in [6.45, 7) is 3.42. The number of H-pyrrole nitrogens is 1. The van der Waals surface area contributed by atoms with E-state index in [2.05, 4.69) is 27.5 Å². The normalized spacial score (nSPS) is 18.6. The van der Waals surface area contributed by atoms with Crippen LogP contribution in [0.3, 0.4) is 0 Å². The number of nitrogens with zero attached hydrogens (tertiary/aromatic N) is 1. The van der Waals surface area contributed by atoms with E-state index in [1.165, 1.54) is 9.78 Å². The topological polar surface area (TPSA) is 59.4 Å². The maximum Gasteiger partial charge on any atom is 0.258 e. The second-order valence-electron chi connectivity index (χ2n) is 6.55. The molecular weight excluding hydrogens is 334 g/mol. The Balaban J connectivity index is 1.57. The molecule has 1 aromatic carbocycles. The Bertz CT molecular complexity index is 885. The Labute approximate surface area is 150 Å². The molecule has 0 spiro atoms. The van der Waals surface area contributed by atoms with Crippen molar-refractivity contribution in [2.24, 2.45) is 0 Å². The van der Waals surface area contributed by atoms with Gasteiger partial charge < -0.3 is 14.6 Å². The zero-order valence-corrected chi connectivity index (χ0v) is 14.8. The molecule has 5 nitrogen and oxygen atoms in total. The Morgan fingerprint density at radius 1 is 1.24 bits per heavy atom. The average Bonchev–Trinajstić information content (AvgIpc) is 3.29. The van der Waals surface area contributed by atoms with Gasteiger partial charge in [0.05, 0.1) is 15.8 Å². The number of nitrogens with one attached hydrogen (secondary N) is 2. The maximum absolute atomic E-state index is 12.3. The van der Waals surface area contributed by atoms with Crippen molar-refractivity contribution in [2.45, 2.75) is 32.0 Å². The second-order valence-corrected chi connectivity index (χ2v) is 7.58. The van der Waals surface area contributed by atoms with Gasteiger partial charge in [0.25, 0.3) is 5.56 Å². The van der Waals surface area contributed by atoms with Crippen LogP contribution in [-0.4, -0.2) is 29.2 Å². The molecular formula is C19H22N3O2S+. The summed E-state index contributed by atoms with van der Waals surface area (Å²) in [4.78, 5) is 22.7. The first kappa shape index (κ1) is 16.4. The number of thiophene rings is 1. The Kier molecular flexibility index (Phi) is 4.92. The van der Waals surface area contributed by atoms with E-state index in [0.717, 1.165) is 43.9 Å². The lowest BCUT2D eigenvalue weighted by Gasteiger charge is -2.21. The molecule has 2 atom stereocenters. The molecule has 25 heavy (non-hydrogen) atoms. The number of para-hydroxylation sites is 1. The lowest BCUT2D eigenvalue weighted by Crippen LogP contribution is -3.10. The van der Waals surface area contributed by atoms with Crippen LogP contribution in [0.15, 0.2) is 46.6 Å². The van der Waals surface area contributed by atoms with Crippen molar-refractivity contribution in [2.75, 3.05) is 13.2 Å². The molecule has 0 bridgehead atoms. The van der Waals surface area contributed by atoms with Crippen LogP contribution in [0.1, 0.15) is 23.5 Å². The van der Waals surface area contributed by atoms with Gasteiger partial charge in [0.15, 0.2) is 5.82 Å². The van der Waals surface area contributed by atoms with E-state index in [-0.39, 0.29) is 5.56 Å². The van der Waals surface area contributed by atoms with Gasteiger partial charge in [0.2, 0.25) is 0 Å². The predicted octanol–water partition coefficient (Wildman–Crippen LogP) is 1.75. The average molecular weight is 356 g/mol. The number of fused-ring (bicyclic) bond motifs is 1. The second kappa shape index (κ2) is 7.47. The van der Waals surface area contributed by atoms with Gasteiger partial charge in [-0.1, -0.05) is 18.2 Å². The van der Waals surface area contributed by atoms with Gasteiger partial charge in [0, 0.05) is 6.61 Å². The molecule has 0 aliphatic carbocycles. The first-order valence-electron chi connectivity index (χ1n) is 8.73. The number of rotatable bonds is 6. The predicted molar refractivity (Wildman–Crippen MR) is 98.9 cm³/mol. The summed E-state index contributed by atoms with van der Waals surface area (Å²) in [5, 5.41) is 2.75. The van der Waals surface area contributed by atoms with E-state index in [1.54, 1.807) is 11.3 Å². The minimum atomic E-state index is -0.0619. The monoisotopic (exact) mass is 356 g/mol. The first-order chi connectivity index (χ1) is 12.3. The number of ether oxygens (including phenoxy) is 1. The Hall–Kier alpha value is -2.02. The highest BCUT2D eigenvalue weighted by atomic mass is 32.1. The van der Waals surface area contributed by atoms with E-state index in [4.69, 9.17) is 4.74 Å². The third kappa shape index (κ3) is 3.98. The van der Waals surface area contributed by atoms with Gasteiger partial charge in [-0.05, 0) is 36.4 Å². The largest absolute Gasteiger partial charge is 0.372 e. The van der Waals surface area contributed by atoms with Crippen molar-refractivity contribution in [3.05, 3.63) is 62.8 Å². The molecule has 0 radical (unpaired) electrons. The van der Waals surface area contributed by atoms with Gasteiger partial charge in [0.1, 0.15) is 25.7 Å². The van der Waals surface area contributed by atoms with Gasteiger partial charge in [-0.15, -0.1) is 11.3 Å². The van der Waals surface area contributed by atoms with Crippen LogP contribution in [0.2, 0.25) is 0 Å². The standard InChI is InChI=1S/C19H21N3O2S/c23-19-16-7-1-2-8-17(16)20-18(21-19)13-22(11-14-5-3-9-24-14)12-15-6-4-10-25-15/h1-2,4,6-8,10,14H,3,5,9,11-13H2,(H,20,21,23)/p+1/t14-/m0/s1. The summed E-state index contributed by atoms with van der Waals surface area (Å²) in [6.07, 6.45) is 2.57. The van der Waals surface area contributed by atoms with Crippen LogP contribution in [0.4, 0.5) is 0 Å². The van der Waals surface area contributed by atoms with Crippen LogP contribution in [0, 0.1) is 0 Å².